The summed E-state index contributed by atoms with van der Waals surface area (Å²) < 4.78 is 13.4. The standard InChI is InChI=1S/C12H15FN2O2/c1-8-2-3-9(6-8)14-10-4-5-12(15(16)17)11(13)7-10/h4-5,7-9,14H,2-3,6H2,1H3. The van der Waals surface area contributed by atoms with Gasteiger partial charge in [0.2, 0.25) is 5.82 Å². The minimum absolute atomic E-state index is 0.353. The third-order valence-corrected chi connectivity index (χ3v) is 3.21. The first-order valence-electron chi connectivity index (χ1n) is 5.76. The molecule has 0 radical (unpaired) electrons. The zero-order valence-electron chi connectivity index (χ0n) is 9.65. The van der Waals surface area contributed by atoms with Crippen LogP contribution in [0.1, 0.15) is 26.2 Å². The molecule has 1 aromatic rings. The minimum atomic E-state index is -0.786. The zero-order valence-corrected chi connectivity index (χ0v) is 9.65. The SMILES string of the molecule is CC1CCC(Nc2ccc([N+](=O)[O-])c(F)c2)C1. The Morgan fingerprint density at radius 2 is 2.24 bits per heavy atom. The smallest absolute Gasteiger partial charge is 0.304 e. The fourth-order valence-electron chi connectivity index (χ4n) is 2.32. The molecule has 0 heterocycles. The van der Waals surface area contributed by atoms with Crippen LogP contribution >= 0.6 is 0 Å². The van der Waals surface area contributed by atoms with Gasteiger partial charge in [0, 0.05) is 23.9 Å². The van der Waals surface area contributed by atoms with Gasteiger partial charge in [0.1, 0.15) is 0 Å². The Balaban J connectivity index is 2.07. The van der Waals surface area contributed by atoms with Gasteiger partial charge in [-0.1, -0.05) is 6.92 Å². The quantitative estimate of drug-likeness (QED) is 0.649. The summed E-state index contributed by atoms with van der Waals surface area (Å²) in [6.45, 7) is 2.19. The van der Waals surface area contributed by atoms with Crippen LogP contribution in [0.3, 0.4) is 0 Å². The summed E-state index contributed by atoms with van der Waals surface area (Å²) in [5.41, 5.74) is 0.141. The topological polar surface area (TPSA) is 55.2 Å². The molecule has 5 heteroatoms. The number of nitro benzene ring substituents is 1. The van der Waals surface area contributed by atoms with Crippen molar-refractivity contribution in [2.75, 3.05) is 5.32 Å². The third kappa shape index (κ3) is 2.72. The van der Waals surface area contributed by atoms with E-state index in [1.807, 2.05) is 0 Å². The van der Waals surface area contributed by atoms with Gasteiger partial charge in [0.25, 0.3) is 0 Å². The average molecular weight is 238 g/mol. The lowest BCUT2D eigenvalue weighted by molar-refractivity contribution is -0.387. The van der Waals surface area contributed by atoms with Gasteiger partial charge in [-0.15, -0.1) is 0 Å². The molecule has 4 nitrogen and oxygen atoms in total. The van der Waals surface area contributed by atoms with Crippen LogP contribution < -0.4 is 5.32 Å². The molecule has 17 heavy (non-hydrogen) atoms. The Bertz CT molecular complexity index is 437. The Hall–Kier alpha value is -1.65. The number of anilines is 1. The van der Waals surface area contributed by atoms with Gasteiger partial charge in [-0.2, -0.15) is 4.39 Å². The summed E-state index contributed by atoms with van der Waals surface area (Å²) in [7, 11) is 0. The predicted molar refractivity (Wildman–Crippen MR) is 63.5 cm³/mol. The highest BCUT2D eigenvalue weighted by atomic mass is 19.1. The largest absolute Gasteiger partial charge is 0.382 e. The molecule has 1 aliphatic carbocycles. The minimum Gasteiger partial charge on any atom is -0.382 e. The van der Waals surface area contributed by atoms with Crippen LogP contribution in [0.4, 0.5) is 15.8 Å². The van der Waals surface area contributed by atoms with Crippen LogP contribution in [0.5, 0.6) is 0 Å². The number of hydrogen-bond donors (Lipinski definition) is 1. The molecule has 2 atom stereocenters. The Morgan fingerprint density at radius 3 is 2.76 bits per heavy atom. The van der Waals surface area contributed by atoms with Crippen LogP contribution in [-0.2, 0) is 0 Å². The molecule has 0 aliphatic heterocycles. The van der Waals surface area contributed by atoms with Crippen LogP contribution in [0.15, 0.2) is 18.2 Å². The lowest BCUT2D eigenvalue weighted by atomic mass is 10.1. The molecule has 2 rings (SSSR count). The molecule has 1 N–H and O–H groups in total. The first-order chi connectivity index (χ1) is 8.06. The second-order valence-electron chi connectivity index (χ2n) is 4.68. The normalized spacial score (nSPS) is 23.6. The van der Waals surface area contributed by atoms with Gasteiger partial charge >= 0.3 is 5.69 Å². The molecule has 92 valence electrons. The molecule has 0 amide bonds. The second kappa shape index (κ2) is 4.69. The number of nitrogens with one attached hydrogen (secondary N) is 1. The molecule has 0 bridgehead atoms. The van der Waals surface area contributed by atoms with E-state index in [-0.39, 0.29) is 0 Å². The van der Waals surface area contributed by atoms with Gasteiger partial charge in [-0.05, 0) is 31.2 Å². The Kier molecular flexibility index (Phi) is 3.26. The van der Waals surface area contributed by atoms with E-state index in [1.165, 1.54) is 18.6 Å². The number of nitro groups is 1. The molecular formula is C12H15FN2O2. The maximum Gasteiger partial charge on any atom is 0.304 e. The summed E-state index contributed by atoms with van der Waals surface area (Å²) in [4.78, 5) is 9.75. The molecule has 0 spiro atoms. The highest BCUT2D eigenvalue weighted by Crippen LogP contribution is 2.28. The van der Waals surface area contributed by atoms with Crippen molar-refractivity contribution in [2.24, 2.45) is 5.92 Å². The third-order valence-electron chi connectivity index (χ3n) is 3.21. The first-order valence-corrected chi connectivity index (χ1v) is 5.76. The molecule has 1 aliphatic rings. The monoisotopic (exact) mass is 238 g/mol. The summed E-state index contributed by atoms with van der Waals surface area (Å²) >= 11 is 0. The lowest BCUT2D eigenvalue weighted by Crippen LogP contribution is -2.15. The molecule has 1 fully saturated rings. The van der Waals surface area contributed by atoms with Gasteiger partial charge in [-0.25, -0.2) is 0 Å². The molecule has 0 aromatic heterocycles. The first kappa shape index (κ1) is 11.8. The number of hydrogen-bond acceptors (Lipinski definition) is 3. The maximum atomic E-state index is 13.4. The zero-order chi connectivity index (χ0) is 12.4. The fraction of sp³-hybridized carbons (Fsp3) is 0.500. The fourth-order valence-corrected chi connectivity index (χ4v) is 2.32. The van der Waals surface area contributed by atoms with Crippen molar-refractivity contribution in [3.05, 3.63) is 34.1 Å². The average Bonchev–Trinajstić information content (AvgIpc) is 2.63. The van der Waals surface area contributed by atoms with E-state index < -0.39 is 16.4 Å². The van der Waals surface area contributed by atoms with Crippen molar-refractivity contribution in [1.29, 1.82) is 0 Å². The van der Waals surface area contributed by atoms with Crippen LogP contribution in [0, 0.1) is 21.8 Å². The maximum absolute atomic E-state index is 13.4. The number of benzene rings is 1. The summed E-state index contributed by atoms with van der Waals surface area (Å²) in [5, 5.41) is 13.7. The summed E-state index contributed by atoms with van der Waals surface area (Å²) in [6.07, 6.45) is 3.31. The summed E-state index contributed by atoms with van der Waals surface area (Å²) in [5.74, 6) is -0.0959. The highest BCUT2D eigenvalue weighted by Gasteiger charge is 2.22. The van der Waals surface area contributed by atoms with Crippen molar-refractivity contribution in [2.45, 2.75) is 32.2 Å². The van der Waals surface area contributed by atoms with Gasteiger partial charge in [0.15, 0.2) is 0 Å². The Morgan fingerprint density at radius 1 is 1.47 bits per heavy atom. The van der Waals surface area contributed by atoms with E-state index in [2.05, 4.69) is 12.2 Å². The van der Waals surface area contributed by atoms with Gasteiger partial charge in [-0.3, -0.25) is 10.1 Å². The molecule has 1 aromatic carbocycles. The van der Waals surface area contributed by atoms with E-state index in [0.29, 0.717) is 17.6 Å². The van der Waals surface area contributed by atoms with E-state index in [4.69, 9.17) is 0 Å². The Labute approximate surface area is 99.0 Å². The number of nitrogens with zero attached hydrogens (tertiary/aromatic N) is 1. The van der Waals surface area contributed by atoms with Crippen molar-refractivity contribution in [3.8, 4) is 0 Å². The van der Waals surface area contributed by atoms with Crippen LogP contribution in [-0.4, -0.2) is 11.0 Å². The molecular weight excluding hydrogens is 223 g/mol. The number of halogens is 1. The van der Waals surface area contributed by atoms with Gasteiger partial charge < -0.3 is 5.32 Å². The number of rotatable bonds is 3. The van der Waals surface area contributed by atoms with Crippen LogP contribution in [0.2, 0.25) is 0 Å². The molecule has 0 saturated heterocycles. The van der Waals surface area contributed by atoms with E-state index in [0.717, 1.165) is 12.8 Å². The van der Waals surface area contributed by atoms with E-state index in [1.54, 1.807) is 6.07 Å². The van der Waals surface area contributed by atoms with Crippen molar-refractivity contribution in [1.82, 2.24) is 0 Å². The van der Waals surface area contributed by atoms with Crippen molar-refractivity contribution >= 4 is 11.4 Å². The molecule has 1 saturated carbocycles. The van der Waals surface area contributed by atoms with Gasteiger partial charge in [0.05, 0.1) is 4.92 Å². The van der Waals surface area contributed by atoms with Crippen molar-refractivity contribution < 1.29 is 9.31 Å². The second-order valence-corrected chi connectivity index (χ2v) is 4.68. The van der Waals surface area contributed by atoms with E-state index in [9.17, 15) is 14.5 Å². The lowest BCUT2D eigenvalue weighted by Gasteiger charge is -2.13. The molecule has 2 unspecified atom stereocenters. The highest BCUT2D eigenvalue weighted by molar-refractivity contribution is 5.50. The summed E-state index contributed by atoms with van der Waals surface area (Å²) in [6, 6.07) is 4.31. The van der Waals surface area contributed by atoms with Crippen LogP contribution in [0.25, 0.3) is 0 Å². The van der Waals surface area contributed by atoms with E-state index >= 15 is 0 Å². The van der Waals surface area contributed by atoms with Crippen molar-refractivity contribution in [3.63, 3.8) is 0 Å². The predicted octanol–water partition coefficient (Wildman–Crippen LogP) is 3.33.